The molecule has 40 valence electrons. The van der Waals surface area contributed by atoms with Gasteiger partial charge in [0.25, 0.3) is 0 Å². The molecule has 1 N–H and O–H groups in total. The van der Waals surface area contributed by atoms with Gasteiger partial charge in [0, 0.05) is 6.07 Å². The van der Waals surface area contributed by atoms with Gasteiger partial charge in [-0.2, -0.15) is 0 Å². The predicted molar refractivity (Wildman–Crippen MR) is 25.3 cm³/mol. The first-order valence-corrected chi connectivity index (χ1v) is 2.11. The Hall–Kier alpha value is -1.41. The third-order valence-corrected chi connectivity index (χ3v) is 0.686. The summed E-state index contributed by atoms with van der Waals surface area (Å²) in [7, 11) is 0. The molecule has 1 rings (SSSR count). The van der Waals surface area contributed by atoms with Gasteiger partial charge >= 0.3 is 5.62 Å². The highest BCUT2D eigenvalue weighted by atomic mass is 15.0. The van der Waals surface area contributed by atoms with Crippen molar-refractivity contribution in [3.05, 3.63) is 29.6 Å². The minimum atomic E-state index is 0.215. The Balaban J connectivity index is 3.41. The molecule has 1 aromatic heterocycles. The maximum Gasteiger partial charge on any atom is 0.469 e. The largest absolute Gasteiger partial charge is 0.542 e. The van der Waals surface area contributed by atoms with E-state index in [4.69, 9.17) is 5.53 Å². The van der Waals surface area contributed by atoms with Crippen LogP contribution in [0.4, 0.5) is 0 Å². The molecule has 0 atom stereocenters. The molecule has 0 aromatic carbocycles. The Morgan fingerprint density at radius 3 is 3.00 bits per heavy atom. The van der Waals surface area contributed by atoms with Crippen LogP contribution in [-0.4, -0.2) is 14.8 Å². The van der Waals surface area contributed by atoms with Gasteiger partial charge in [-0.1, -0.05) is 4.98 Å². The van der Waals surface area contributed by atoms with E-state index in [0.717, 1.165) is 0 Å². The second-order valence-electron chi connectivity index (χ2n) is 1.21. The van der Waals surface area contributed by atoms with Crippen LogP contribution in [0.3, 0.4) is 0 Å². The lowest BCUT2D eigenvalue weighted by molar-refractivity contribution is -0.0793. The summed E-state index contributed by atoms with van der Waals surface area (Å²) in [4.78, 5) is 9.02. The summed E-state index contributed by atoms with van der Waals surface area (Å²) in [6.45, 7) is 0. The molecule has 4 heteroatoms. The second-order valence-corrected chi connectivity index (χ2v) is 1.21. The monoisotopic (exact) mass is 108 g/mol. The van der Waals surface area contributed by atoms with Crippen LogP contribution >= 0.6 is 0 Å². The van der Waals surface area contributed by atoms with Crippen LogP contribution in [0, 0.1) is 0 Å². The number of aromatic nitrogens is 2. The van der Waals surface area contributed by atoms with Crippen molar-refractivity contribution in [1.82, 2.24) is 9.97 Å². The number of rotatable bonds is 0. The summed E-state index contributed by atoms with van der Waals surface area (Å²) in [6, 6.07) is 1.70. The molecular weight excluding hydrogens is 104 g/mol. The standard InChI is InChI=1S/C4H4N4/c5-8-4-6-2-1-3-7-4/h1-3,6H. The van der Waals surface area contributed by atoms with Crippen molar-refractivity contribution < 1.29 is 4.79 Å². The molecule has 1 heterocycles. The molecule has 1 aromatic rings. The summed E-state index contributed by atoms with van der Waals surface area (Å²) >= 11 is 0. The molecule has 0 bridgehead atoms. The van der Waals surface area contributed by atoms with Crippen LogP contribution in [0.1, 0.15) is 0 Å². The molecule has 0 aliphatic heterocycles. The third-order valence-electron chi connectivity index (χ3n) is 0.686. The van der Waals surface area contributed by atoms with Crippen LogP contribution in [0.15, 0.2) is 18.5 Å². The zero-order chi connectivity index (χ0) is 5.82. The Kier molecular flexibility index (Phi) is 1.21. The molecule has 0 saturated heterocycles. The van der Waals surface area contributed by atoms with Crippen molar-refractivity contribution in [1.29, 1.82) is 0 Å². The fraction of sp³-hybridized carbons (Fsp3) is 0. The van der Waals surface area contributed by atoms with Crippen LogP contribution in [0.5, 0.6) is 0 Å². The molecule has 8 heavy (non-hydrogen) atoms. The summed E-state index contributed by atoms with van der Waals surface area (Å²) in [5.41, 5.74) is 8.28. The Morgan fingerprint density at radius 2 is 2.62 bits per heavy atom. The second kappa shape index (κ2) is 2.04. The molecular formula is C4H4N4. The van der Waals surface area contributed by atoms with Crippen LogP contribution in [0.25, 0.3) is 5.53 Å². The first-order valence-electron chi connectivity index (χ1n) is 2.11. The number of hydrogen-bond donors (Lipinski definition) is 1. The van der Waals surface area contributed by atoms with Crippen molar-refractivity contribution >= 4 is 0 Å². The number of nitrogens with one attached hydrogen (secondary N) is 1. The molecule has 0 aliphatic carbocycles. The number of nitrogens with zero attached hydrogens (tertiary/aromatic N) is 3. The Morgan fingerprint density at radius 1 is 1.75 bits per heavy atom. The van der Waals surface area contributed by atoms with Gasteiger partial charge in [-0.15, -0.1) is 0 Å². The number of hydrogen-bond acceptors (Lipinski definition) is 1. The Labute approximate surface area is 45.5 Å². The molecule has 0 amide bonds. The van der Waals surface area contributed by atoms with Gasteiger partial charge in [0.2, 0.25) is 0 Å². The van der Waals surface area contributed by atoms with E-state index in [1.165, 1.54) is 6.20 Å². The van der Waals surface area contributed by atoms with Gasteiger partial charge in [0.1, 0.15) is 6.20 Å². The Bertz CT molecular complexity index is 227. The maximum atomic E-state index is 8.07. The SMILES string of the molecule is [N-]=[N+]=c1nccc[nH]1. The minimum absolute atomic E-state index is 0.215. The highest BCUT2D eigenvalue weighted by molar-refractivity contribution is 4.73. The normalized spacial score (nSPS) is 8.00. The smallest absolute Gasteiger partial charge is 0.469 e. The summed E-state index contributed by atoms with van der Waals surface area (Å²) in [6.07, 6.45) is 3.16. The van der Waals surface area contributed by atoms with E-state index >= 15 is 0 Å². The molecule has 0 radical (unpaired) electrons. The average Bonchev–Trinajstić information content (AvgIpc) is 1.90. The zero-order valence-electron chi connectivity index (χ0n) is 4.07. The molecule has 0 saturated carbocycles. The van der Waals surface area contributed by atoms with Gasteiger partial charge in [0.05, 0.1) is 6.20 Å². The lowest BCUT2D eigenvalue weighted by Gasteiger charge is -1.68. The fourth-order valence-corrected chi connectivity index (χ4v) is 0.371. The van der Waals surface area contributed by atoms with E-state index in [-0.39, 0.29) is 5.62 Å². The molecule has 0 unspecified atom stereocenters. The molecule has 0 aliphatic rings. The first kappa shape index (κ1) is 4.74. The maximum absolute atomic E-state index is 8.07. The summed E-state index contributed by atoms with van der Waals surface area (Å²) in [5, 5.41) is 0. The molecule has 4 nitrogen and oxygen atoms in total. The van der Waals surface area contributed by atoms with E-state index in [1.54, 1.807) is 12.3 Å². The van der Waals surface area contributed by atoms with Crippen molar-refractivity contribution in [3.63, 3.8) is 0 Å². The molecule has 0 fully saturated rings. The van der Waals surface area contributed by atoms with Gasteiger partial charge in [-0.25, -0.2) is 4.98 Å². The van der Waals surface area contributed by atoms with E-state index in [1.807, 2.05) is 0 Å². The van der Waals surface area contributed by atoms with Gasteiger partial charge in [0.15, 0.2) is 0 Å². The lowest BCUT2D eigenvalue weighted by atomic mass is 10.7. The predicted octanol–water partition coefficient (Wildman–Crippen LogP) is -0.460. The van der Waals surface area contributed by atoms with Crippen LogP contribution in [0.2, 0.25) is 0 Å². The van der Waals surface area contributed by atoms with Crippen molar-refractivity contribution in [2.75, 3.05) is 0 Å². The third kappa shape index (κ3) is 0.802. The zero-order valence-corrected chi connectivity index (χ0v) is 4.07. The topological polar surface area (TPSA) is 65.1 Å². The van der Waals surface area contributed by atoms with Gasteiger partial charge in [-0.05, 0) is 0 Å². The number of H-pyrrole nitrogens is 1. The van der Waals surface area contributed by atoms with Crippen LogP contribution < -0.4 is 5.62 Å². The average molecular weight is 108 g/mol. The highest BCUT2D eigenvalue weighted by Crippen LogP contribution is 1.60. The number of aromatic amines is 1. The highest BCUT2D eigenvalue weighted by Gasteiger charge is 1.80. The summed E-state index contributed by atoms with van der Waals surface area (Å²) in [5.74, 6) is 0. The van der Waals surface area contributed by atoms with Crippen molar-refractivity contribution in [3.8, 4) is 0 Å². The van der Waals surface area contributed by atoms with E-state index in [9.17, 15) is 0 Å². The molecule has 0 spiro atoms. The van der Waals surface area contributed by atoms with E-state index in [0.29, 0.717) is 0 Å². The van der Waals surface area contributed by atoms with Gasteiger partial charge < -0.3 is 10.3 Å². The minimum Gasteiger partial charge on any atom is -0.542 e. The van der Waals surface area contributed by atoms with Crippen LogP contribution in [-0.2, 0) is 0 Å². The lowest BCUT2D eigenvalue weighted by Crippen LogP contribution is -2.10. The van der Waals surface area contributed by atoms with Crippen molar-refractivity contribution in [2.45, 2.75) is 0 Å². The quantitative estimate of drug-likeness (QED) is 0.354. The fourth-order valence-electron chi connectivity index (χ4n) is 0.371. The first-order chi connectivity index (χ1) is 3.93. The van der Waals surface area contributed by atoms with Crippen molar-refractivity contribution in [2.24, 2.45) is 0 Å². The van der Waals surface area contributed by atoms with Gasteiger partial charge in [-0.3, -0.25) is 0 Å². The van der Waals surface area contributed by atoms with E-state index < -0.39 is 0 Å². The van der Waals surface area contributed by atoms with E-state index in [2.05, 4.69) is 14.8 Å². The summed E-state index contributed by atoms with van der Waals surface area (Å²) < 4.78 is 0.